The Morgan fingerprint density at radius 2 is 2.00 bits per heavy atom. The van der Waals surface area contributed by atoms with Gasteiger partial charge in [-0.05, 0) is 24.4 Å². The first-order chi connectivity index (χ1) is 9.31. The monoisotopic (exact) mass is 251 g/mol. The van der Waals surface area contributed by atoms with Crippen molar-refractivity contribution in [3.8, 4) is 0 Å². The Morgan fingerprint density at radius 3 is 2.84 bits per heavy atom. The second kappa shape index (κ2) is 4.69. The van der Waals surface area contributed by atoms with Crippen LogP contribution in [0.3, 0.4) is 0 Å². The van der Waals surface area contributed by atoms with Crippen LogP contribution in [-0.2, 0) is 4.74 Å². The first-order valence-electron chi connectivity index (χ1n) is 6.25. The average molecular weight is 251 g/mol. The minimum atomic E-state index is -0.300. The van der Waals surface area contributed by atoms with Crippen LogP contribution in [0, 0.1) is 0 Å². The van der Waals surface area contributed by atoms with E-state index in [2.05, 4.69) is 4.98 Å². The van der Waals surface area contributed by atoms with Crippen LogP contribution in [0.4, 0.5) is 0 Å². The number of benzene rings is 2. The standard InChI is InChI=1S/C16H13NO2/c1-2-19-16(18)13-8-5-9-14-15(13)12-7-4-3-6-11(12)10-17-14/h3-10H,2H2,1H3. The molecule has 0 atom stereocenters. The predicted octanol–water partition coefficient (Wildman–Crippen LogP) is 3.56. The van der Waals surface area contributed by atoms with E-state index in [0.717, 1.165) is 21.7 Å². The van der Waals surface area contributed by atoms with E-state index in [9.17, 15) is 4.79 Å². The lowest BCUT2D eigenvalue weighted by atomic mass is 10.0. The topological polar surface area (TPSA) is 39.2 Å². The number of nitrogens with zero attached hydrogens (tertiary/aromatic N) is 1. The lowest BCUT2D eigenvalue weighted by molar-refractivity contribution is 0.0529. The van der Waals surface area contributed by atoms with Gasteiger partial charge >= 0.3 is 5.97 Å². The quantitative estimate of drug-likeness (QED) is 0.516. The SMILES string of the molecule is CCOC(=O)c1cccc2ncc3ccccc3c12. The van der Waals surface area contributed by atoms with Gasteiger partial charge in [0.05, 0.1) is 17.7 Å². The molecular formula is C16H13NO2. The van der Waals surface area contributed by atoms with Crippen LogP contribution in [0.1, 0.15) is 17.3 Å². The number of hydrogen-bond donors (Lipinski definition) is 0. The van der Waals surface area contributed by atoms with Crippen molar-refractivity contribution in [3.05, 3.63) is 54.2 Å². The lowest BCUT2D eigenvalue weighted by Gasteiger charge is -2.08. The summed E-state index contributed by atoms with van der Waals surface area (Å²) in [7, 11) is 0. The van der Waals surface area contributed by atoms with Crippen molar-refractivity contribution >= 4 is 27.6 Å². The smallest absolute Gasteiger partial charge is 0.338 e. The number of esters is 1. The minimum Gasteiger partial charge on any atom is -0.462 e. The van der Waals surface area contributed by atoms with Gasteiger partial charge < -0.3 is 4.74 Å². The highest BCUT2D eigenvalue weighted by molar-refractivity contribution is 6.15. The molecule has 0 spiro atoms. The van der Waals surface area contributed by atoms with Gasteiger partial charge in [0.1, 0.15) is 0 Å². The second-order valence-corrected chi connectivity index (χ2v) is 4.27. The van der Waals surface area contributed by atoms with Crippen LogP contribution < -0.4 is 0 Å². The Bertz CT molecular complexity index is 765. The van der Waals surface area contributed by atoms with Gasteiger partial charge in [-0.15, -0.1) is 0 Å². The Hall–Kier alpha value is -2.42. The first kappa shape index (κ1) is 11.7. The van der Waals surface area contributed by atoms with Gasteiger partial charge in [-0.3, -0.25) is 4.98 Å². The van der Waals surface area contributed by atoms with Crippen LogP contribution in [0.15, 0.2) is 48.7 Å². The van der Waals surface area contributed by atoms with E-state index < -0.39 is 0 Å². The summed E-state index contributed by atoms with van der Waals surface area (Å²) in [5.74, 6) is -0.300. The van der Waals surface area contributed by atoms with E-state index in [4.69, 9.17) is 4.74 Å². The van der Waals surface area contributed by atoms with E-state index in [1.165, 1.54) is 0 Å². The van der Waals surface area contributed by atoms with Crippen LogP contribution >= 0.6 is 0 Å². The number of carbonyl (C=O) groups excluding carboxylic acids is 1. The lowest BCUT2D eigenvalue weighted by Crippen LogP contribution is -2.05. The minimum absolute atomic E-state index is 0.300. The number of hydrogen-bond acceptors (Lipinski definition) is 3. The zero-order valence-electron chi connectivity index (χ0n) is 10.6. The Kier molecular flexibility index (Phi) is 2.88. The molecule has 19 heavy (non-hydrogen) atoms. The van der Waals surface area contributed by atoms with Gasteiger partial charge in [0.2, 0.25) is 0 Å². The summed E-state index contributed by atoms with van der Waals surface area (Å²) < 4.78 is 5.12. The van der Waals surface area contributed by atoms with Crippen LogP contribution in [0.25, 0.3) is 21.7 Å². The van der Waals surface area contributed by atoms with E-state index in [1.54, 1.807) is 13.0 Å². The largest absolute Gasteiger partial charge is 0.462 e. The summed E-state index contributed by atoms with van der Waals surface area (Å²) in [5, 5.41) is 2.90. The molecule has 94 valence electrons. The normalized spacial score (nSPS) is 10.8. The van der Waals surface area contributed by atoms with Gasteiger partial charge in [0.25, 0.3) is 0 Å². The van der Waals surface area contributed by atoms with Crippen molar-refractivity contribution in [1.82, 2.24) is 4.98 Å². The molecule has 0 saturated heterocycles. The third-order valence-electron chi connectivity index (χ3n) is 3.11. The third-order valence-corrected chi connectivity index (χ3v) is 3.11. The summed E-state index contributed by atoms with van der Waals surface area (Å²) in [6.45, 7) is 2.17. The maximum atomic E-state index is 12.1. The highest BCUT2D eigenvalue weighted by Gasteiger charge is 2.13. The molecule has 0 amide bonds. The molecule has 3 rings (SSSR count). The van der Waals surface area contributed by atoms with Crippen LogP contribution in [-0.4, -0.2) is 17.6 Å². The molecule has 1 heterocycles. The summed E-state index contributed by atoms with van der Waals surface area (Å²) in [4.78, 5) is 16.5. The van der Waals surface area contributed by atoms with Crippen molar-refractivity contribution in [1.29, 1.82) is 0 Å². The maximum absolute atomic E-state index is 12.1. The molecule has 1 aromatic heterocycles. The molecule has 0 aliphatic heterocycles. The zero-order chi connectivity index (χ0) is 13.2. The van der Waals surface area contributed by atoms with Crippen LogP contribution in [0.5, 0.6) is 0 Å². The molecule has 0 unspecified atom stereocenters. The molecule has 2 aromatic carbocycles. The predicted molar refractivity (Wildman–Crippen MR) is 75.2 cm³/mol. The molecule has 0 N–H and O–H groups in total. The molecule has 0 aliphatic carbocycles. The Balaban J connectivity index is 2.39. The van der Waals surface area contributed by atoms with Gasteiger partial charge in [0, 0.05) is 17.0 Å². The Labute approximate surface area is 110 Å². The van der Waals surface area contributed by atoms with Crippen molar-refractivity contribution in [2.75, 3.05) is 6.61 Å². The number of rotatable bonds is 2. The van der Waals surface area contributed by atoms with Gasteiger partial charge in [-0.25, -0.2) is 4.79 Å². The number of fused-ring (bicyclic) bond motifs is 3. The fourth-order valence-corrected chi connectivity index (χ4v) is 2.29. The molecule has 3 nitrogen and oxygen atoms in total. The number of pyridine rings is 1. The first-order valence-corrected chi connectivity index (χ1v) is 6.25. The molecule has 0 radical (unpaired) electrons. The van der Waals surface area contributed by atoms with Crippen molar-refractivity contribution < 1.29 is 9.53 Å². The third kappa shape index (κ3) is 1.93. The van der Waals surface area contributed by atoms with E-state index >= 15 is 0 Å². The summed E-state index contributed by atoms with van der Waals surface area (Å²) in [6, 6.07) is 13.4. The second-order valence-electron chi connectivity index (χ2n) is 4.27. The summed E-state index contributed by atoms with van der Waals surface area (Å²) in [6.07, 6.45) is 1.83. The Morgan fingerprint density at radius 1 is 1.16 bits per heavy atom. The molecule has 3 heteroatoms. The van der Waals surface area contributed by atoms with Gasteiger partial charge in [0.15, 0.2) is 0 Å². The van der Waals surface area contributed by atoms with E-state index in [-0.39, 0.29) is 5.97 Å². The number of aromatic nitrogens is 1. The fraction of sp³-hybridized carbons (Fsp3) is 0.125. The van der Waals surface area contributed by atoms with E-state index in [1.807, 2.05) is 42.6 Å². The van der Waals surface area contributed by atoms with Gasteiger partial charge in [-0.2, -0.15) is 0 Å². The summed E-state index contributed by atoms with van der Waals surface area (Å²) >= 11 is 0. The summed E-state index contributed by atoms with van der Waals surface area (Å²) in [5.41, 5.74) is 1.38. The molecule has 3 aromatic rings. The molecule has 0 saturated carbocycles. The van der Waals surface area contributed by atoms with Crippen molar-refractivity contribution in [2.45, 2.75) is 6.92 Å². The average Bonchev–Trinajstić information content (AvgIpc) is 2.46. The molecular weight excluding hydrogens is 238 g/mol. The highest BCUT2D eigenvalue weighted by Crippen LogP contribution is 2.26. The zero-order valence-corrected chi connectivity index (χ0v) is 10.6. The van der Waals surface area contributed by atoms with Crippen molar-refractivity contribution in [3.63, 3.8) is 0 Å². The van der Waals surface area contributed by atoms with E-state index in [0.29, 0.717) is 12.2 Å². The van der Waals surface area contributed by atoms with Gasteiger partial charge in [-0.1, -0.05) is 30.3 Å². The maximum Gasteiger partial charge on any atom is 0.338 e. The fourth-order valence-electron chi connectivity index (χ4n) is 2.29. The molecule has 0 fully saturated rings. The number of carbonyl (C=O) groups is 1. The van der Waals surface area contributed by atoms with Crippen LogP contribution in [0.2, 0.25) is 0 Å². The van der Waals surface area contributed by atoms with Crippen molar-refractivity contribution in [2.24, 2.45) is 0 Å². The number of ether oxygens (including phenoxy) is 1. The molecule has 0 bridgehead atoms. The highest BCUT2D eigenvalue weighted by atomic mass is 16.5. The molecule has 0 aliphatic rings.